The van der Waals surface area contributed by atoms with Crippen molar-refractivity contribution in [3.05, 3.63) is 0 Å². The van der Waals surface area contributed by atoms with Crippen molar-refractivity contribution in [3.63, 3.8) is 0 Å². The molecule has 8 heteroatoms. The number of amides is 1. The quantitative estimate of drug-likeness (QED) is 0.218. The molecule has 0 aliphatic carbocycles. The van der Waals surface area contributed by atoms with Crippen molar-refractivity contribution in [3.8, 4) is 0 Å². The second-order valence-electron chi connectivity index (χ2n) is 4.88. The third-order valence-electron chi connectivity index (χ3n) is 3.01. The molecule has 0 fully saturated rings. The lowest BCUT2D eigenvalue weighted by molar-refractivity contribution is -0.145. The fraction of sp³-hybridized carbons (Fsp3) is 0.846. The zero-order valence-corrected chi connectivity index (χ0v) is 12.7. The number of nitrogens with zero attached hydrogens (tertiary/aromatic N) is 1. The van der Waals surface area contributed by atoms with Crippen LogP contribution in [-0.2, 0) is 9.59 Å². The van der Waals surface area contributed by atoms with Gasteiger partial charge in [0.25, 0.3) is 0 Å². The molecule has 0 rings (SSSR count). The maximum atomic E-state index is 11.4. The van der Waals surface area contributed by atoms with Crippen LogP contribution in [0, 0.1) is 0 Å². The van der Waals surface area contributed by atoms with Gasteiger partial charge in [0.15, 0.2) is 0 Å². The first-order valence-electron chi connectivity index (χ1n) is 7.40. The Bertz CT molecular complexity index is 302. The van der Waals surface area contributed by atoms with Gasteiger partial charge >= 0.3 is 5.97 Å². The van der Waals surface area contributed by atoms with Crippen molar-refractivity contribution in [2.45, 2.75) is 51.5 Å². The largest absolute Gasteiger partial charge is 0.480 e. The first-order chi connectivity index (χ1) is 10.0. The number of hydrogen-bond donors (Lipinski definition) is 5. The Hall–Kier alpha value is -1.22. The van der Waals surface area contributed by atoms with Gasteiger partial charge in [0, 0.05) is 26.1 Å². The molecule has 0 bridgehead atoms. The third kappa shape index (κ3) is 10.2. The van der Waals surface area contributed by atoms with Gasteiger partial charge in [-0.25, -0.2) is 10.4 Å². The highest BCUT2D eigenvalue weighted by Crippen LogP contribution is 2.07. The van der Waals surface area contributed by atoms with Crippen LogP contribution in [0.4, 0.5) is 0 Å². The predicted molar refractivity (Wildman–Crippen MR) is 78.9 cm³/mol. The molecule has 0 heterocycles. The van der Waals surface area contributed by atoms with Crippen molar-refractivity contribution in [1.82, 2.24) is 16.0 Å². The second-order valence-corrected chi connectivity index (χ2v) is 4.88. The van der Waals surface area contributed by atoms with Gasteiger partial charge in [0.2, 0.25) is 5.91 Å². The number of hydrogen-bond acceptors (Lipinski definition) is 6. The van der Waals surface area contributed by atoms with Gasteiger partial charge in [-0.1, -0.05) is 13.3 Å². The van der Waals surface area contributed by atoms with Crippen LogP contribution < -0.4 is 16.7 Å². The second kappa shape index (κ2) is 12.5. The molecular weight excluding hydrogens is 276 g/mol. The number of hydrazine groups is 2. The Labute approximate surface area is 125 Å². The summed E-state index contributed by atoms with van der Waals surface area (Å²) in [5.74, 6) is -1.53. The van der Waals surface area contributed by atoms with E-state index in [4.69, 9.17) is 10.8 Å². The summed E-state index contributed by atoms with van der Waals surface area (Å²) in [5.41, 5.74) is 10.9. The highest BCUT2D eigenvalue weighted by atomic mass is 16.4. The van der Waals surface area contributed by atoms with Crippen LogP contribution in [0.15, 0.2) is 0 Å². The van der Waals surface area contributed by atoms with Gasteiger partial charge in [-0.05, 0) is 25.7 Å². The first-order valence-corrected chi connectivity index (χ1v) is 7.40. The smallest absolute Gasteiger partial charge is 0.322 e. The molecule has 0 aliphatic rings. The fourth-order valence-electron chi connectivity index (χ4n) is 1.80. The van der Waals surface area contributed by atoms with Crippen LogP contribution in [0.5, 0.6) is 0 Å². The minimum Gasteiger partial charge on any atom is -0.480 e. The summed E-state index contributed by atoms with van der Waals surface area (Å²) in [5, 5.41) is 19.7. The van der Waals surface area contributed by atoms with Gasteiger partial charge < -0.3 is 15.9 Å². The lowest BCUT2D eigenvalue weighted by atomic mass is 10.1. The molecule has 0 saturated carbocycles. The van der Waals surface area contributed by atoms with Gasteiger partial charge in [0.05, 0.1) is 0 Å². The molecule has 0 aromatic rings. The number of primary amides is 1. The van der Waals surface area contributed by atoms with Gasteiger partial charge in [-0.3, -0.25) is 9.59 Å². The van der Waals surface area contributed by atoms with Gasteiger partial charge in [-0.2, -0.15) is 5.53 Å². The molecule has 8 nitrogen and oxygen atoms in total. The predicted octanol–water partition coefficient (Wildman–Crippen LogP) is -0.411. The summed E-state index contributed by atoms with van der Waals surface area (Å²) in [6.07, 6.45) is 3.41. The Morgan fingerprint density at radius 2 is 2.00 bits per heavy atom. The molecule has 1 atom stereocenters. The topological polar surface area (TPSA) is 128 Å². The minimum absolute atomic E-state index is 0.0180. The fourth-order valence-corrected chi connectivity index (χ4v) is 1.80. The van der Waals surface area contributed by atoms with E-state index in [1.165, 1.54) is 0 Å². The number of aliphatic hydroxyl groups excluding tert-OH is 1. The number of aliphatic hydroxyl groups is 1. The molecule has 6 N–H and O–H groups in total. The first kappa shape index (κ1) is 19.8. The average molecular weight is 304 g/mol. The summed E-state index contributed by atoms with van der Waals surface area (Å²) in [7, 11) is 0. The van der Waals surface area contributed by atoms with Crippen LogP contribution in [0.25, 0.3) is 0 Å². The van der Waals surface area contributed by atoms with Crippen LogP contribution in [0.1, 0.15) is 45.4 Å². The lowest BCUT2D eigenvalue weighted by Gasteiger charge is -2.29. The van der Waals surface area contributed by atoms with E-state index in [-0.39, 0.29) is 19.4 Å². The molecule has 0 aliphatic heterocycles. The minimum atomic E-state index is -1.01. The summed E-state index contributed by atoms with van der Waals surface area (Å²) in [6.45, 7) is 3.30. The number of carboxylic acid groups (broad SMARTS) is 1. The Morgan fingerprint density at radius 1 is 1.29 bits per heavy atom. The third-order valence-corrected chi connectivity index (χ3v) is 3.01. The number of carbonyl (C=O) groups excluding carboxylic acids is 1. The van der Waals surface area contributed by atoms with E-state index >= 15 is 0 Å². The Morgan fingerprint density at radius 3 is 2.52 bits per heavy atom. The molecule has 0 radical (unpaired) electrons. The van der Waals surface area contributed by atoms with Crippen molar-refractivity contribution >= 4 is 11.9 Å². The van der Waals surface area contributed by atoms with Gasteiger partial charge in [0.1, 0.15) is 6.04 Å². The average Bonchev–Trinajstić information content (AvgIpc) is 2.42. The Balaban J connectivity index is 4.50. The van der Waals surface area contributed by atoms with E-state index in [0.29, 0.717) is 19.4 Å². The summed E-state index contributed by atoms with van der Waals surface area (Å²) in [4.78, 5) is 22.2. The van der Waals surface area contributed by atoms with E-state index < -0.39 is 17.9 Å². The standard InChI is InChI=1S/C13H28N4O4/c1-2-3-8-15-16-17(9-4-5-10-18)11(13(20)21)6-7-12(14)19/h11,15-16,18H,2-10H2,1H3,(H2,14,19)(H,20,21)/t11-/m0/s1. The van der Waals surface area contributed by atoms with Crippen LogP contribution in [-0.4, -0.2) is 52.8 Å². The van der Waals surface area contributed by atoms with E-state index in [1.807, 2.05) is 0 Å². The van der Waals surface area contributed by atoms with Crippen molar-refractivity contribution < 1.29 is 19.8 Å². The summed E-state index contributed by atoms with van der Waals surface area (Å²) >= 11 is 0. The van der Waals surface area contributed by atoms with Crippen molar-refractivity contribution in [2.24, 2.45) is 5.73 Å². The maximum Gasteiger partial charge on any atom is 0.322 e. The highest BCUT2D eigenvalue weighted by molar-refractivity contribution is 5.77. The molecule has 0 saturated heterocycles. The number of carboxylic acids is 1. The maximum absolute atomic E-state index is 11.4. The van der Waals surface area contributed by atoms with Gasteiger partial charge in [-0.15, -0.1) is 0 Å². The number of nitrogens with one attached hydrogen (secondary N) is 2. The lowest BCUT2D eigenvalue weighted by Crippen LogP contribution is -2.55. The van der Waals surface area contributed by atoms with E-state index in [9.17, 15) is 14.7 Å². The highest BCUT2D eigenvalue weighted by Gasteiger charge is 2.25. The van der Waals surface area contributed by atoms with Crippen LogP contribution in [0.2, 0.25) is 0 Å². The SMILES string of the molecule is CCCCNNN(CCCCO)[C@@H](CCC(N)=O)C(=O)O. The number of unbranched alkanes of at least 4 members (excludes halogenated alkanes) is 2. The van der Waals surface area contributed by atoms with E-state index in [2.05, 4.69) is 17.9 Å². The molecule has 0 aromatic heterocycles. The molecule has 0 unspecified atom stereocenters. The van der Waals surface area contributed by atoms with E-state index in [0.717, 1.165) is 19.4 Å². The van der Waals surface area contributed by atoms with Crippen LogP contribution >= 0.6 is 0 Å². The molecule has 0 spiro atoms. The van der Waals surface area contributed by atoms with Crippen LogP contribution in [0.3, 0.4) is 0 Å². The molecule has 21 heavy (non-hydrogen) atoms. The molecule has 124 valence electrons. The number of carbonyl (C=O) groups is 2. The normalized spacial score (nSPS) is 12.5. The zero-order chi connectivity index (χ0) is 16.1. The zero-order valence-electron chi connectivity index (χ0n) is 12.7. The Kier molecular flexibility index (Phi) is 11.8. The summed E-state index contributed by atoms with van der Waals surface area (Å²) in [6, 6.07) is -0.842. The molecular formula is C13H28N4O4. The number of aliphatic carboxylic acids is 1. The van der Waals surface area contributed by atoms with E-state index in [1.54, 1.807) is 5.01 Å². The van der Waals surface area contributed by atoms with Crippen molar-refractivity contribution in [2.75, 3.05) is 19.7 Å². The summed E-state index contributed by atoms with van der Waals surface area (Å²) < 4.78 is 0. The number of nitrogens with two attached hydrogens (primary N) is 1. The molecule has 0 aromatic carbocycles. The monoisotopic (exact) mass is 304 g/mol. The number of rotatable bonds is 14. The van der Waals surface area contributed by atoms with Crippen molar-refractivity contribution in [1.29, 1.82) is 0 Å². The molecule has 1 amide bonds.